The number of aryl methyl sites for hydroxylation is 1. The van der Waals surface area contributed by atoms with E-state index >= 15 is 0 Å². The Morgan fingerprint density at radius 1 is 0.295 bits per heavy atom. The van der Waals surface area contributed by atoms with Crippen molar-refractivity contribution in [2.45, 2.75) is 6.92 Å². The van der Waals surface area contributed by atoms with Crippen LogP contribution in [0, 0.1) is 6.92 Å². The van der Waals surface area contributed by atoms with E-state index in [2.05, 4.69) is 202 Å². The van der Waals surface area contributed by atoms with E-state index in [1.54, 1.807) is 0 Å². The fraction of sp³-hybridized carbons (Fsp3) is 0.0143. The summed E-state index contributed by atoms with van der Waals surface area (Å²) in [6, 6.07) is 94.0. The van der Waals surface area contributed by atoms with Gasteiger partial charge in [0.25, 0.3) is 0 Å². The van der Waals surface area contributed by atoms with Crippen LogP contribution in [0.5, 0.6) is 11.5 Å². The molecule has 3 aromatic heterocycles. The molecule has 4 heterocycles. The number of para-hydroxylation sites is 5. The van der Waals surface area contributed by atoms with Gasteiger partial charge in [0, 0.05) is 61.0 Å². The number of anilines is 6. The van der Waals surface area contributed by atoms with E-state index in [0.29, 0.717) is 17.5 Å². The zero-order valence-electron chi connectivity index (χ0n) is 42.4. The van der Waals surface area contributed by atoms with E-state index in [4.69, 9.17) is 19.7 Å². The highest BCUT2D eigenvalue weighted by atomic mass is 16.5. The molecule has 15 rings (SSSR count). The van der Waals surface area contributed by atoms with Crippen molar-refractivity contribution >= 4 is 77.7 Å². The minimum atomic E-state index is 0.602. The van der Waals surface area contributed by atoms with Gasteiger partial charge in [-0.1, -0.05) is 164 Å². The molecule has 1 aliphatic rings. The number of hydrogen-bond acceptors (Lipinski definition) is 6. The molecule has 368 valence electrons. The second-order valence-electron chi connectivity index (χ2n) is 19.7. The van der Waals surface area contributed by atoms with E-state index in [1.165, 1.54) is 5.39 Å². The third-order valence-electron chi connectivity index (χ3n) is 15.0. The smallest absolute Gasteiger partial charge is 0.164 e. The molecule has 0 fully saturated rings. The second kappa shape index (κ2) is 18.4. The molecule has 8 nitrogen and oxygen atoms in total. The Hall–Kier alpha value is -10.6. The summed E-state index contributed by atoms with van der Waals surface area (Å²) in [5.41, 5.74) is 16.6. The number of rotatable bonds is 9. The molecule has 0 saturated heterocycles. The summed E-state index contributed by atoms with van der Waals surface area (Å²) in [7, 11) is 0. The molecule has 1 aliphatic heterocycles. The molecule has 0 radical (unpaired) electrons. The minimum absolute atomic E-state index is 0.602. The molecular weight excluding hydrogens is 955 g/mol. The monoisotopic (exact) mass is 1000 g/mol. The SMILES string of the molecule is Cc1cc(-n2c3ccccc3c3cc4c(cc32)N(c2ccccc2)c2cc3c5ccccc5n(-c5cccc(-c6nc(-c7ccccc7)nc(-c7ccccc7)n6)c5)c3cc2N4c2ccccc2)ccc1Oc1ccccc1. The van der Waals surface area contributed by atoms with E-state index in [0.717, 1.165) is 117 Å². The summed E-state index contributed by atoms with van der Waals surface area (Å²) in [5, 5.41) is 4.60. The number of aromatic nitrogens is 5. The lowest BCUT2D eigenvalue weighted by molar-refractivity contribution is 0.479. The zero-order chi connectivity index (χ0) is 51.7. The summed E-state index contributed by atoms with van der Waals surface area (Å²) in [5.74, 6) is 3.48. The fourth-order valence-corrected chi connectivity index (χ4v) is 11.5. The van der Waals surface area contributed by atoms with Gasteiger partial charge in [0.2, 0.25) is 0 Å². The van der Waals surface area contributed by atoms with Crippen molar-refractivity contribution in [3.63, 3.8) is 0 Å². The predicted octanol–water partition coefficient (Wildman–Crippen LogP) is 18.4. The average Bonchev–Trinajstić information content (AvgIpc) is 4.21. The van der Waals surface area contributed by atoms with Crippen LogP contribution < -0.4 is 14.5 Å². The Labute approximate surface area is 450 Å². The van der Waals surface area contributed by atoms with Crippen molar-refractivity contribution in [3.05, 3.63) is 272 Å². The highest BCUT2D eigenvalue weighted by Gasteiger charge is 2.34. The summed E-state index contributed by atoms with van der Waals surface area (Å²) < 4.78 is 11.2. The van der Waals surface area contributed by atoms with Crippen LogP contribution in [-0.2, 0) is 0 Å². The summed E-state index contributed by atoms with van der Waals surface area (Å²) in [4.78, 5) is 20.2. The Kier molecular flexibility index (Phi) is 10.6. The topological polar surface area (TPSA) is 64.2 Å². The number of fused-ring (bicyclic) bond motifs is 8. The van der Waals surface area contributed by atoms with Gasteiger partial charge in [-0.2, -0.15) is 0 Å². The largest absolute Gasteiger partial charge is 0.457 e. The quantitative estimate of drug-likeness (QED) is 0.144. The number of hydrogen-bond donors (Lipinski definition) is 0. The molecule has 0 atom stereocenters. The predicted molar refractivity (Wildman–Crippen MR) is 319 cm³/mol. The van der Waals surface area contributed by atoms with Crippen LogP contribution in [0.25, 0.3) is 89.2 Å². The molecule has 0 N–H and O–H groups in total. The highest BCUT2D eigenvalue weighted by molar-refractivity contribution is 6.18. The highest BCUT2D eigenvalue weighted by Crippen LogP contribution is 2.57. The molecule has 14 aromatic rings. The number of benzene rings is 11. The molecule has 0 saturated carbocycles. The minimum Gasteiger partial charge on any atom is -0.457 e. The molecule has 8 heteroatoms. The van der Waals surface area contributed by atoms with E-state index in [-0.39, 0.29) is 0 Å². The Balaban J connectivity index is 0.953. The first-order valence-electron chi connectivity index (χ1n) is 26.3. The van der Waals surface area contributed by atoms with Crippen LogP contribution in [0.2, 0.25) is 0 Å². The van der Waals surface area contributed by atoms with Crippen LogP contribution in [0.4, 0.5) is 34.1 Å². The van der Waals surface area contributed by atoms with Gasteiger partial charge in [-0.25, -0.2) is 15.0 Å². The fourth-order valence-electron chi connectivity index (χ4n) is 11.5. The van der Waals surface area contributed by atoms with Gasteiger partial charge < -0.3 is 23.7 Å². The number of nitrogens with zero attached hydrogens (tertiary/aromatic N) is 7. The first-order valence-corrected chi connectivity index (χ1v) is 26.3. The van der Waals surface area contributed by atoms with Gasteiger partial charge >= 0.3 is 0 Å². The van der Waals surface area contributed by atoms with E-state index in [9.17, 15) is 0 Å². The molecule has 0 amide bonds. The van der Waals surface area contributed by atoms with Crippen molar-refractivity contribution in [2.24, 2.45) is 0 Å². The van der Waals surface area contributed by atoms with E-state index in [1.807, 2.05) is 91.0 Å². The Morgan fingerprint density at radius 3 is 1.19 bits per heavy atom. The van der Waals surface area contributed by atoms with Gasteiger partial charge in [-0.05, 0) is 116 Å². The molecular formula is C70H47N7O. The molecule has 0 aliphatic carbocycles. The second-order valence-corrected chi connectivity index (χ2v) is 19.7. The number of ether oxygens (including phenoxy) is 1. The van der Waals surface area contributed by atoms with Crippen molar-refractivity contribution in [2.75, 3.05) is 9.80 Å². The van der Waals surface area contributed by atoms with Crippen molar-refractivity contribution < 1.29 is 4.74 Å². The first kappa shape index (κ1) is 44.9. The van der Waals surface area contributed by atoms with Gasteiger partial charge in [-0.15, -0.1) is 0 Å². The maximum atomic E-state index is 6.39. The summed E-state index contributed by atoms with van der Waals surface area (Å²) >= 11 is 0. The molecule has 0 unspecified atom stereocenters. The zero-order valence-corrected chi connectivity index (χ0v) is 42.4. The van der Waals surface area contributed by atoms with Gasteiger partial charge in [-0.3, -0.25) is 0 Å². The standard InChI is InChI=1S/C70H47N7O/c1-46-40-53(38-39-67(46)78-54-32-15-6-16-33-54)77-60-37-20-18-35-56(60)58-43-64-66(45-62(58)77)75(51-29-13-5-14-30-51)63-42-57-55-34-17-19-36-59(55)76(61(57)44-65(63)74(64)50-27-11-4-12-28-50)52-31-21-26-49(41-52)70-72-68(47-22-7-2-8-23-47)71-69(73-70)48-24-9-3-10-25-48/h2-45H,1H3. The maximum Gasteiger partial charge on any atom is 0.164 e. The first-order chi connectivity index (χ1) is 38.6. The molecule has 0 spiro atoms. The van der Waals surface area contributed by atoms with Crippen molar-refractivity contribution in [1.82, 2.24) is 24.1 Å². The van der Waals surface area contributed by atoms with Crippen molar-refractivity contribution in [1.29, 1.82) is 0 Å². The Bertz CT molecular complexity index is 4540. The normalized spacial score (nSPS) is 12.1. The maximum absolute atomic E-state index is 6.39. The summed E-state index contributed by atoms with van der Waals surface area (Å²) in [6.07, 6.45) is 0. The van der Waals surface area contributed by atoms with Gasteiger partial charge in [0.1, 0.15) is 11.5 Å². The third-order valence-corrected chi connectivity index (χ3v) is 15.0. The van der Waals surface area contributed by atoms with Crippen LogP contribution in [0.3, 0.4) is 0 Å². The lowest BCUT2D eigenvalue weighted by atomic mass is 10.0. The van der Waals surface area contributed by atoms with Gasteiger partial charge in [0.05, 0.1) is 44.8 Å². The van der Waals surface area contributed by atoms with Crippen LogP contribution in [-0.4, -0.2) is 24.1 Å². The van der Waals surface area contributed by atoms with Crippen LogP contribution in [0.15, 0.2) is 267 Å². The lowest BCUT2D eigenvalue weighted by Gasteiger charge is -2.40. The lowest BCUT2D eigenvalue weighted by Crippen LogP contribution is -2.24. The molecule has 78 heavy (non-hydrogen) atoms. The van der Waals surface area contributed by atoms with Crippen LogP contribution in [0.1, 0.15) is 5.56 Å². The van der Waals surface area contributed by atoms with Gasteiger partial charge in [0.15, 0.2) is 17.5 Å². The molecule has 11 aromatic carbocycles. The average molecular weight is 1000 g/mol. The van der Waals surface area contributed by atoms with E-state index < -0.39 is 0 Å². The summed E-state index contributed by atoms with van der Waals surface area (Å²) in [6.45, 7) is 2.12. The Morgan fingerprint density at radius 2 is 0.692 bits per heavy atom. The van der Waals surface area contributed by atoms with Crippen LogP contribution >= 0.6 is 0 Å². The third kappa shape index (κ3) is 7.49. The molecule has 0 bridgehead atoms. The van der Waals surface area contributed by atoms with Crippen molar-refractivity contribution in [3.8, 4) is 57.0 Å².